The third kappa shape index (κ3) is 6.10. The van der Waals surface area contributed by atoms with E-state index < -0.39 is 0 Å². The highest BCUT2D eigenvalue weighted by Crippen LogP contribution is 2.30. The summed E-state index contributed by atoms with van der Waals surface area (Å²) in [5.74, 6) is 2.30. The molecule has 0 radical (unpaired) electrons. The zero-order valence-corrected chi connectivity index (χ0v) is 20.1. The van der Waals surface area contributed by atoms with Gasteiger partial charge < -0.3 is 23.6 Å². The second kappa shape index (κ2) is 11.4. The Labute approximate surface area is 204 Å². The van der Waals surface area contributed by atoms with Crippen LogP contribution < -0.4 is 14.8 Å². The number of methoxy groups -OCH3 is 2. The average Bonchev–Trinajstić information content (AvgIpc) is 3.59. The van der Waals surface area contributed by atoms with E-state index in [9.17, 15) is 4.79 Å². The molecule has 2 aromatic carbocycles. The summed E-state index contributed by atoms with van der Waals surface area (Å²) in [4.78, 5) is 19.2. The van der Waals surface area contributed by atoms with Crippen LogP contribution in [0.2, 0.25) is 0 Å². The first-order chi connectivity index (χ1) is 17.1. The fourth-order valence-electron chi connectivity index (χ4n) is 3.83. The Morgan fingerprint density at radius 3 is 2.57 bits per heavy atom. The van der Waals surface area contributed by atoms with Crippen molar-refractivity contribution >= 4 is 5.91 Å². The Morgan fingerprint density at radius 2 is 1.86 bits per heavy atom. The second-order valence-electron chi connectivity index (χ2n) is 8.06. The van der Waals surface area contributed by atoms with E-state index in [1.165, 1.54) is 6.26 Å². The van der Waals surface area contributed by atoms with Crippen LogP contribution in [0.25, 0.3) is 0 Å². The molecule has 0 aliphatic heterocycles. The summed E-state index contributed by atoms with van der Waals surface area (Å²) in [5.41, 5.74) is 2.34. The Morgan fingerprint density at radius 1 is 1.03 bits per heavy atom. The lowest BCUT2D eigenvalue weighted by Gasteiger charge is -2.29. The van der Waals surface area contributed by atoms with Gasteiger partial charge in [0.05, 0.1) is 33.6 Å². The number of hydrogen-bond donors (Lipinski definition) is 1. The first-order valence-corrected chi connectivity index (χ1v) is 11.3. The molecule has 4 rings (SSSR count). The predicted molar refractivity (Wildman–Crippen MR) is 130 cm³/mol. The van der Waals surface area contributed by atoms with Crippen molar-refractivity contribution in [3.05, 3.63) is 102 Å². The maximum Gasteiger partial charge on any atom is 0.273 e. The van der Waals surface area contributed by atoms with Gasteiger partial charge in [-0.25, -0.2) is 4.98 Å². The van der Waals surface area contributed by atoms with Crippen LogP contribution in [-0.4, -0.2) is 30.0 Å². The van der Waals surface area contributed by atoms with Crippen LogP contribution in [0.15, 0.2) is 82.0 Å². The molecule has 0 spiro atoms. The van der Waals surface area contributed by atoms with Gasteiger partial charge in [-0.3, -0.25) is 9.69 Å². The molecule has 182 valence electrons. The smallest absolute Gasteiger partial charge is 0.273 e. The molecule has 0 aliphatic rings. The van der Waals surface area contributed by atoms with Crippen LogP contribution in [0.3, 0.4) is 0 Å². The molecule has 4 aromatic rings. The van der Waals surface area contributed by atoms with Crippen LogP contribution in [0.5, 0.6) is 11.5 Å². The fraction of sp³-hybridized carbons (Fsp3) is 0.259. The van der Waals surface area contributed by atoms with E-state index in [2.05, 4.69) is 34.3 Å². The molecule has 0 aliphatic carbocycles. The van der Waals surface area contributed by atoms with Crippen molar-refractivity contribution in [2.45, 2.75) is 32.6 Å². The van der Waals surface area contributed by atoms with Crippen molar-refractivity contribution < 1.29 is 23.1 Å². The average molecular weight is 476 g/mol. The molecule has 35 heavy (non-hydrogen) atoms. The van der Waals surface area contributed by atoms with Crippen molar-refractivity contribution in [1.82, 2.24) is 15.2 Å². The molecular weight excluding hydrogens is 446 g/mol. The van der Waals surface area contributed by atoms with Gasteiger partial charge in [-0.2, -0.15) is 0 Å². The third-order valence-corrected chi connectivity index (χ3v) is 5.82. The zero-order valence-electron chi connectivity index (χ0n) is 20.1. The Balaban J connectivity index is 1.54. The number of benzene rings is 2. The number of carbonyl (C=O) groups excluding carboxylic acids is 1. The van der Waals surface area contributed by atoms with Crippen molar-refractivity contribution in [3.8, 4) is 11.5 Å². The first-order valence-electron chi connectivity index (χ1n) is 11.3. The summed E-state index contributed by atoms with van der Waals surface area (Å²) in [5, 5.41) is 2.78. The number of oxazole rings is 1. The summed E-state index contributed by atoms with van der Waals surface area (Å²) in [6, 6.07) is 19.5. The molecule has 2 heterocycles. The van der Waals surface area contributed by atoms with Crippen molar-refractivity contribution in [3.63, 3.8) is 0 Å². The number of aromatic nitrogens is 1. The van der Waals surface area contributed by atoms with Crippen LogP contribution >= 0.6 is 0 Å². The normalized spacial score (nSPS) is 11.9. The van der Waals surface area contributed by atoms with Crippen molar-refractivity contribution in [2.24, 2.45) is 0 Å². The van der Waals surface area contributed by atoms with Crippen LogP contribution in [-0.2, 0) is 19.6 Å². The lowest BCUT2D eigenvalue weighted by Crippen LogP contribution is -2.27. The lowest BCUT2D eigenvalue weighted by molar-refractivity contribution is 0.0943. The maximum absolute atomic E-state index is 12.5. The molecule has 0 unspecified atom stereocenters. The SMILES string of the molecule is COc1ccc(OC)c(CN(Cc2nc(C(=O)NCc3ccco3)co2)[C@H](C)c2ccccc2)c1. The zero-order chi connectivity index (χ0) is 24.6. The minimum atomic E-state index is -0.325. The van der Waals surface area contributed by atoms with Gasteiger partial charge in [0.2, 0.25) is 5.89 Å². The van der Waals surface area contributed by atoms with E-state index in [-0.39, 0.29) is 24.2 Å². The topological polar surface area (TPSA) is 90.0 Å². The summed E-state index contributed by atoms with van der Waals surface area (Å²) >= 11 is 0. The van der Waals surface area contributed by atoms with E-state index >= 15 is 0 Å². The number of rotatable bonds is 11. The maximum atomic E-state index is 12.5. The minimum Gasteiger partial charge on any atom is -0.497 e. The van der Waals surface area contributed by atoms with Gasteiger partial charge >= 0.3 is 0 Å². The van der Waals surface area contributed by atoms with Crippen LogP contribution in [0.1, 0.15) is 46.2 Å². The highest BCUT2D eigenvalue weighted by Gasteiger charge is 2.22. The number of nitrogens with one attached hydrogen (secondary N) is 1. The standard InChI is InChI=1S/C27H29N3O5/c1-19(20-8-5-4-6-9-20)30(16-21-14-22(32-2)11-12-25(21)33-3)17-26-29-24(18-35-26)27(31)28-15-23-10-7-13-34-23/h4-14,18-19H,15-17H2,1-3H3,(H,28,31)/t19-/m1/s1. The molecule has 1 amide bonds. The van der Waals surface area contributed by atoms with Crippen LogP contribution in [0.4, 0.5) is 0 Å². The summed E-state index contributed by atoms with van der Waals surface area (Å²) in [6.45, 7) is 3.35. The number of ether oxygens (including phenoxy) is 2. The number of carbonyl (C=O) groups is 1. The van der Waals surface area contributed by atoms with E-state index in [1.807, 2.05) is 36.4 Å². The Kier molecular flexibility index (Phi) is 7.84. The van der Waals surface area contributed by atoms with E-state index in [0.717, 1.165) is 22.6 Å². The summed E-state index contributed by atoms with van der Waals surface area (Å²) in [7, 11) is 3.29. The van der Waals surface area contributed by atoms with Gasteiger partial charge in [0.1, 0.15) is 23.5 Å². The number of hydrogen-bond acceptors (Lipinski definition) is 7. The molecule has 0 fully saturated rings. The summed E-state index contributed by atoms with van der Waals surface area (Å²) in [6.07, 6.45) is 2.94. The van der Waals surface area contributed by atoms with Gasteiger partial charge in [0, 0.05) is 18.2 Å². The van der Waals surface area contributed by atoms with Crippen LogP contribution in [0, 0.1) is 0 Å². The van der Waals surface area contributed by atoms with Gasteiger partial charge in [0.25, 0.3) is 5.91 Å². The van der Waals surface area contributed by atoms with Gasteiger partial charge in [-0.15, -0.1) is 0 Å². The minimum absolute atomic E-state index is 0.0373. The molecule has 8 nitrogen and oxygen atoms in total. The molecule has 0 saturated carbocycles. The highest BCUT2D eigenvalue weighted by atomic mass is 16.5. The van der Waals surface area contributed by atoms with Gasteiger partial charge in [0.15, 0.2) is 5.69 Å². The van der Waals surface area contributed by atoms with Gasteiger partial charge in [-0.1, -0.05) is 30.3 Å². The number of nitrogens with zero attached hydrogens (tertiary/aromatic N) is 2. The van der Waals surface area contributed by atoms with E-state index in [1.54, 1.807) is 32.6 Å². The predicted octanol–water partition coefficient (Wildman–Crippen LogP) is 4.98. The summed E-state index contributed by atoms with van der Waals surface area (Å²) < 4.78 is 22.0. The Bertz CT molecular complexity index is 1220. The lowest BCUT2D eigenvalue weighted by atomic mass is 10.1. The molecule has 2 aromatic heterocycles. The highest BCUT2D eigenvalue weighted by molar-refractivity contribution is 5.91. The molecular formula is C27H29N3O5. The van der Waals surface area contributed by atoms with E-state index in [0.29, 0.717) is 24.7 Å². The van der Waals surface area contributed by atoms with Gasteiger partial charge in [-0.05, 0) is 42.8 Å². The van der Waals surface area contributed by atoms with Crippen molar-refractivity contribution in [2.75, 3.05) is 14.2 Å². The fourth-order valence-corrected chi connectivity index (χ4v) is 3.83. The first kappa shape index (κ1) is 24.1. The van der Waals surface area contributed by atoms with Crippen molar-refractivity contribution in [1.29, 1.82) is 0 Å². The molecule has 0 saturated heterocycles. The molecule has 1 atom stereocenters. The number of amides is 1. The Hall–Kier alpha value is -4.04. The number of furan rings is 1. The molecule has 0 bridgehead atoms. The largest absolute Gasteiger partial charge is 0.497 e. The molecule has 8 heteroatoms. The third-order valence-electron chi connectivity index (χ3n) is 5.82. The van der Waals surface area contributed by atoms with E-state index in [4.69, 9.17) is 18.3 Å². The quantitative estimate of drug-likeness (QED) is 0.327. The second-order valence-corrected chi connectivity index (χ2v) is 8.06. The monoisotopic (exact) mass is 475 g/mol. The molecule has 1 N–H and O–H groups in total.